The van der Waals surface area contributed by atoms with Crippen LogP contribution in [0.2, 0.25) is 0 Å². The van der Waals surface area contributed by atoms with Crippen LogP contribution < -0.4 is 15.4 Å². The maximum atomic E-state index is 12.7. The molecule has 0 heterocycles. The number of anilines is 1. The lowest BCUT2D eigenvalue weighted by Gasteiger charge is -2.14. The van der Waals surface area contributed by atoms with Gasteiger partial charge in [-0.25, -0.2) is 0 Å². The lowest BCUT2D eigenvalue weighted by Crippen LogP contribution is -2.34. The van der Waals surface area contributed by atoms with Crippen LogP contribution in [0.4, 0.5) is 5.69 Å². The molecule has 30 heavy (non-hydrogen) atoms. The molecule has 160 valence electrons. The van der Waals surface area contributed by atoms with Gasteiger partial charge in [-0.3, -0.25) is 14.9 Å². The minimum atomic E-state index is -0.350. The summed E-state index contributed by atoms with van der Waals surface area (Å²) in [6.45, 7) is 2.73. The molecule has 0 bridgehead atoms. The van der Waals surface area contributed by atoms with Gasteiger partial charge in [0, 0.05) is 25.3 Å². The summed E-state index contributed by atoms with van der Waals surface area (Å²) in [6, 6.07) is 14.0. The number of nitrogens with one attached hydrogen (secondary N) is 2. The minimum absolute atomic E-state index is 0.112. The number of benzene rings is 2. The van der Waals surface area contributed by atoms with E-state index in [1.807, 2.05) is 6.07 Å². The van der Waals surface area contributed by atoms with Crippen molar-refractivity contribution in [3.8, 4) is 5.75 Å². The molecule has 0 spiro atoms. The Morgan fingerprint density at radius 3 is 2.53 bits per heavy atom. The standard InChI is InChI=1S/C23H29N3O3S/c1-4-5-6-9-15-29-20-14-8-7-13-19(20)21(27)25-23(30)24-18-12-10-11-17(16-18)22(28)26(2)3/h7-8,10-14,16H,4-6,9,15H2,1-3H3,(H2,24,25,27,30). The number of thiocarbonyl (C=S) groups is 1. The second kappa shape index (κ2) is 11.9. The molecule has 0 saturated heterocycles. The third-order valence-electron chi connectivity index (χ3n) is 4.39. The van der Waals surface area contributed by atoms with Crippen molar-refractivity contribution in [1.82, 2.24) is 10.2 Å². The Balaban J connectivity index is 1.97. The van der Waals surface area contributed by atoms with Gasteiger partial charge >= 0.3 is 0 Å². The van der Waals surface area contributed by atoms with E-state index in [-0.39, 0.29) is 16.9 Å². The van der Waals surface area contributed by atoms with Gasteiger partial charge in [0.15, 0.2) is 5.11 Å². The van der Waals surface area contributed by atoms with Crippen LogP contribution in [0.3, 0.4) is 0 Å². The first-order valence-corrected chi connectivity index (χ1v) is 10.5. The van der Waals surface area contributed by atoms with Gasteiger partial charge in [-0.1, -0.05) is 44.4 Å². The van der Waals surface area contributed by atoms with E-state index >= 15 is 0 Å². The monoisotopic (exact) mass is 427 g/mol. The van der Waals surface area contributed by atoms with Crippen molar-refractivity contribution in [3.05, 3.63) is 59.7 Å². The highest BCUT2D eigenvalue weighted by molar-refractivity contribution is 7.80. The first-order valence-electron chi connectivity index (χ1n) is 10.1. The van der Waals surface area contributed by atoms with Crippen LogP contribution in [0, 0.1) is 0 Å². The van der Waals surface area contributed by atoms with Gasteiger partial charge < -0.3 is 15.0 Å². The zero-order valence-electron chi connectivity index (χ0n) is 17.7. The van der Waals surface area contributed by atoms with Crippen LogP contribution in [0.5, 0.6) is 5.75 Å². The summed E-state index contributed by atoms with van der Waals surface area (Å²) in [7, 11) is 3.38. The molecule has 0 radical (unpaired) electrons. The Morgan fingerprint density at radius 2 is 1.80 bits per heavy atom. The predicted molar refractivity (Wildman–Crippen MR) is 124 cm³/mol. The summed E-state index contributed by atoms with van der Waals surface area (Å²) in [6.07, 6.45) is 4.39. The van der Waals surface area contributed by atoms with Crippen LogP contribution in [-0.2, 0) is 0 Å². The van der Waals surface area contributed by atoms with E-state index in [9.17, 15) is 9.59 Å². The predicted octanol–water partition coefficient (Wildman–Crippen LogP) is 4.47. The molecule has 0 fully saturated rings. The fraction of sp³-hybridized carbons (Fsp3) is 0.348. The second-order valence-electron chi connectivity index (χ2n) is 7.09. The van der Waals surface area contributed by atoms with E-state index in [0.717, 1.165) is 19.3 Å². The molecule has 0 aliphatic heterocycles. The quantitative estimate of drug-likeness (QED) is 0.456. The van der Waals surface area contributed by atoms with E-state index < -0.39 is 0 Å². The smallest absolute Gasteiger partial charge is 0.261 e. The minimum Gasteiger partial charge on any atom is -0.493 e. The van der Waals surface area contributed by atoms with Crippen molar-refractivity contribution in [1.29, 1.82) is 0 Å². The number of unbranched alkanes of at least 4 members (excludes halogenated alkanes) is 3. The zero-order chi connectivity index (χ0) is 21.9. The Labute approximate surface area is 183 Å². The Kier molecular flexibility index (Phi) is 9.28. The fourth-order valence-electron chi connectivity index (χ4n) is 2.81. The van der Waals surface area contributed by atoms with Crippen LogP contribution in [0.25, 0.3) is 0 Å². The van der Waals surface area contributed by atoms with Crippen molar-refractivity contribution in [2.45, 2.75) is 32.6 Å². The lowest BCUT2D eigenvalue weighted by molar-refractivity contribution is 0.0827. The van der Waals surface area contributed by atoms with Gasteiger partial charge in [0.05, 0.1) is 12.2 Å². The summed E-state index contributed by atoms with van der Waals surface area (Å²) in [5.74, 6) is 0.0728. The molecular formula is C23H29N3O3S. The van der Waals surface area contributed by atoms with E-state index in [1.54, 1.807) is 56.6 Å². The Hall–Kier alpha value is -2.93. The van der Waals surface area contributed by atoms with Crippen molar-refractivity contribution in [2.24, 2.45) is 0 Å². The van der Waals surface area contributed by atoms with E-state index in [2.05, 4.69) is 17.6 Å². The maximum Gasteiger partial charge on any atom is 0.261 e. The molecule has 2 N–H and O–H groups in total. The molecule has 0 aromatic heterocycles. The Bertz CT molecular complexity index is 884. The topological polar surface area (TPSA) is 70.7 Å². The molecule has 6 nitrogen and oxygen atoms in total. The molecule has 0 unspecified atom stereocenters. The summed E-state index contributed by atoms with van der Waals surface area (Å²) in [5, 5.41) is 5.77. The average Bonchev–Trinajstić information content (AvgIpc) is 2.73. The number of amides is 2. The fourth-order valence-corrected chi connectivity index (χ4v) is 3.02. The Morgan fingerprint density at radius 1 is 1.03 bits per heavy atom. The second-order valence-corrected chi connectivity index (χ2v) is 7.50. The number of hydrogen-bond donors (Lipinski definition) is 2. The normalized spacial score (nSPS) is 10.2. The summed E-state index contributed by atoms with van der Waals surface area (Å²) < 4.78 is 5.80. The molecule has 0 saturated carbocycles. The van der Waals surface area contributed by atoms with Gasteiger partial charge in [0.1, 0.15) is 5.75 Å². The number of hydrogen-bond acceptors (Lipinski definition) is 4. The van der Waals surface area contributed by atoms with Crippen molar-refractivity contribution < 1.29 is 14.3 Å². The first-order chi connectivity index (χ1) is 14.4. The highest BCUT2D eigenvalue weighted by Crippen LogP contribution is 2.19. The van der Waals surface area contributed by atoms with E-state index in [4.69, 9.17) is 17.0 Å². The van der Waals surface area contributed by atoms with Crippen LogP contribution in [-0.4, -0.2) is 42.5 Å². The van der Waals surface area contributed by atoms with Crippen LogP contribution >= 0.6 is 12.2 Å². The first kappa shape index (κ1) is 23.3. The number of rotatable bonds is 9. The third kappa shape index (κ3) is 7.15. The van der Waals surface area contributed by atoms with Gasteiger partial charge in [-0.2, -0.15) is 0 Å². The van der Waals surface area contributed by atoms with Crippen LogP contribution in [0.1, 0.15) is 53.3 Å². The number of para-hydroxylation sites is 1. The third-order valence-corrected chi connectivity index (χ3v) is 4.59. The largest absolute Gasteiger partial charge is 0.493 e. The maximum absolute atomic E-state index is 12.7. The van der Waals surface area contributed by atoms with Crippen molar-refractivity contribution in [3.63, 3.8) is 0 Å². The number of ether oxygens (including phenoxy) is 1. The molecule has 2 aromatic rings. The number of nitrogens with zero attached hydrogens (tertiary/aromatic N) is 1. The molecule has 2 amide bonds. The number of carbonyl (C=O) groups is 2. The summed E-state index contributed by atoms with van der Waals surface area (Å²) in [5.41, 5.74) is 1.57. The van der Waals surface area contributed by atoms with Crippen LogP contribution in [0.15, 0.2) is 48.5 Å². The molecule has 2 aromatic carbocycles. The summed E-state index contributed by atoms with van der Waals surface area (Å²) >= 11 is 5.27. The highest BCUT2D eigenvalue weighted by Gasteiger charge is 2.14. The van der Waals surface area contributed by atoms with Crippen molar-refractivity contribution in [2.75, 3.05) is 26.0 Å². The van der Waals surface area contributed by atoms with Gasteiger partial charge in [0.25, 0.3) is 11.8 Å². The molecule has 0 atom stereocenters. The molecular weight excluding hydrogens is 398 g/mol. The summed E-state index contributed by atoms with van der Waals surface area (Å²) in [4.78, 5) is 26.3. The molecule has 2 rings (SSSR count). The van der Waals surface area contributed by atoms with Crippen molar-refractivity contribution >= 4 is 34.8 Å². The zero-order valence-corrected chi connectivity index (χ0v) is 18.6. The average molecular weight is 428 g/mol. The molecule has 0 aliphatic rings. The van der Waals surface area contributed by atoms with Gasteiger partial charge in [-0.05, 0) is 49.0 Å². The SMILES string of the molecule is CCCCCCOc1ccccc1C(=O)NC(=S)Nc1cccc(C(=O)N(C)C)c1. The van der Waals surface area contributed by atoms with Gasteiger partial charge in [0.2, 0.25) is 0 Å². The number of carbonyl (C=O) groups excluding carboxylic acids is 2. The highest BCUT2D eigenvalue weighted by atomic mass is 32.1. The molecule has 7 heteroatoms. The van der Waals surface area contributed by atoms with E-state index in [0.29, 0.717) is 29.2 Å². The van der Waals surface area contributed by atoms with E-state index in [1.165, 1.54) is 11.3 Å². The van der Waals surface area contributed by atoms with Gasteiger partial charge in [-0.15, -0.1) is 0 Å². The lowest BCUT2D eigenvalue weighted by atomic mass is 10.2. The molecule has 0 aliphatic carbocycles.